The van der Waals surface area contributed by atoms with E-state index in [2.05, 4.69) is 4.98 Å². The van der Waals surface area contributed by atoms with Crippen LogP contribution in [0.5, 0.6) is 0 Å². The molecule has 0 aliphatic carbocycles. The van der Waals surface area contributed by atoms with Crippen molar-refractivity contribution in [1.29, 1.82) is 0 Å². The zero-order valence-electron chi connectivity index (χ0n) is 9.19. The molecule has 1 aromatic rings. The van der Waals surface area contributed by atoms with Crippen LogP contribution in [0.1, 0.15) is 26.3 Å². The van der Waals surface area contributed by atoms with Gasteiger partial charge in [-0.15, -0.1) is 0 Å². The maximum absolute atomic E-state index is 11.1. The average Bonchev–Trinajstić information content (AvgIpc) is 2.14. The van der Waals surface area contributed by atoms with Crippen LogP contribution in [0.3, 0.4) is 0 Å². The minimum absolute atomic E-state index is 0.163. The van der Waals surface area contributed by atoms with Crippen LogP contribution in [0.4, 0.5) is 0 Å². The molecule has 80 valence electrons. The number of rotatable bonds is 2. The van der Waals surface area contributed by atoms with Crippen LogP contribution in [0.15, 0.2) is 30.6 Å². The predicted molar refractivity (Wildman–Crippen MR) is 59.3 cm³/mol. The second-order valence-electron chi connectivity index (χ2n) is 4.47. The lowest BCUT2D eigenvalue weighted by Crippen LogP contribution is -2.07. The Balaban J connectivity index is 3.16. The third kappa shape index (κ3) is 3.54. The van der Waals surface area contributed by atoms with Crippen molar-refractivity contribution in [3.8, 4) is 0 Å². The molecule has 0 fully saturated rings. The van der Waals surface area contributed by atoms with E-state index in [1.807, 2.05) is 20.8 Å². The Morgan fingerprint density at radius 1 is 1.47 bits per heavy atom. The Labute approximate surface area is 89.5 Å². The number of hydrogen-bond donors (Lipinski definition) is 1. The third-order valence-electron chi connectivity index (χ3n) is 1.78. The van der Waals surface area contributed by atoms with E-state index in [9.17, 15) is 4.79 Å². The number of aliphatic carboxylic acids is 1. The molecule has 1 heterocycles. The highest BCUT2D eigenvalue weighted by Crippen LogP contribution is 2.23. The summed E-state index contributed by atoms with van der Waals surface area (Å²) in [6, 6.07) is 3.48. The summed E-state index contributed by atoms with van der Waals surface area (Å²) in [5.74, 6) is -0.919. The Morgan fingerprint density at radius 3 is 2.53 bits per heavy atom. The molecule has 0 unspecified atom stereocenters. The SMILES string of the molecule is CC(C)(C)C=C(C(=O)O)c1cccnc1. The van der Waals surface area contributed by atoms with E-state index >= 15 is 0 Å². The third-order valence-corrected chi connectivity index (χ3v) is 1.78. The largest absolute Gasteiger partial charge is 0.478 e. The van der Waals surface area contributed by atoms with Gasteiger partial charge in [-0.2, -0.15) is 0 Å². The number of carboxylic acids is 1. The molecular formula is C12H15NO2. The van der Waals surface area contributed by atoms with Gasteiger partial charge in [0.15, 0.2) is 0 Å². The summed E-state index contributed by atoms with van der Waals surface area (Å²) in [7, 11) is 0. The predicted octanol–water partition coefficient (Wildman–Crippen LogP) is 2.60. The van der Waals surface area contributed by atoms with Gasteiger partial charge in [0.25, 0.3) is 0 Å². The highest BCUT2D eigenvalue weighted by Gasteiger charge is 2.15. The van der Waals surface area contributed by atoms with E-state index in [0.29, 0.717) is 11.1 Å². The van der Waals surface area contributed by atoms with Gasteiger partial charge in [-0.25, -0.2) is 4.79 Å². The van der Waals surface area contributed by atoms with Crippen LogP contribution < -0.4 is 0 Å². The zero-order valence-corrected chi connectivity index (χ0v) is 9.19. The lowest BCUT2D eigenvalue weighted by atomic mass is 9.91. The van der Waals surface area contributed by atoms with Gasteiger partial charge in [-0.1, -0.05) is 32.9 Å². The number of nitrogens with zero attached hydrogens (tertiary/aromatic N) is 1. The van der Waals surface area contributed by atoms with Crippen molar-refractivity contribution < 1.29 is 9.90 Å². The molecule has 3 heteroatoms. The summed E-state index contributed by atoms with van der Waals surface area (Å²) in [6.45, 7) is 5.89. The molecule has 0 radical (unpaired) electrons. The van der Waals surface area contributed by atoms with Crippen molar-refractivity contribution in [3.05, 3.63) is 36.2 Å². The Morgan fingerprint density at radius 2 is 2.13 bits per heavy atom. The molecule has 0 spiro atoms. The van der Waals surface area contributed by atoms with Crippen molar-refractivity contribution in [2.24, 2.45) is 5.41 Å². The van der Waals surface area contributed by atoms with Crippen LogP contribution in [-0.4, -0.2) is 16.1 Å². The molecule has 0 amide bonds. The first-order valence-corrected chi connectivity index (χ1v) is 4.77. The number of carboxylic acid groups (broad SMARTS) is 1. The van der Waals surface area contributed by atoms with E-state index in [0.717, 1.165) is 0 Å². The van der Waals surface area contributed by atoms with E-state index in [1.54, 1.807) is 30.6 Å². The fraction of sp³-hybridized carbons (Fsp3) is 0.333. The van der Waals surface area contributed by atoms with E-state index in [4.69, 9.17) is 5.11 Å². The van der Waals surface area contributed by atoms with Crippen LogP contribution >= 0.6 is 0 Å². The quantitative estimate of drug-likeness (QED) is 0.755. The number of carbonyl (C=O) groups is 1. The van der Waals surface area contributed by atoms with Gasteiger partial charge in [0.1, 0.15) is 0 Å². The standard InChI is InChI=1S/C12H15NO2/c1-12(2,3)7-10(11(14)15)9-5-4-6-13-8-9/h4-8H,1-3H3,(H,14,15). The van der Waals surface area contributed by atoms with Crippen molar-refractivity contribution in [3.63, 3.8) is 0 Å². The number of allylic oxidation sites excluding steroid dienone is 1. The Bertz CT molecular complexity index is 374. The number of hydrogen-bond acceptors (Lipinski definition) is 2. The summed E-state index contributed by atoms with van der Waals surface area (Å²) in [5.41, 5.74) is 0.777. The van der Waals surface area contributed by atoms with E-state index < -0.39 is 5.97 Å². The Hall–Kier alpha value is -1.64. The molecule has 0 aliphatic heterocycles. The first kappa shape index (κ1) is 11.4. The topological polar surface area (TPSA) is 50.2 Å². The maximum atomic E-state index is 11.1. The van der Waals surface area contributed by atoms with Gasteiger partial charge >= 0.3 is 5.97 Å². The fourth-order valence-electron chi connectivity index (χ4n) is 1.22. The molecule has 0 saturated carbocycles. The molecule has 1 N–H and O–H groups in total. The molecular weight excluding hydrogens is 190 g/mol. The summed E-state index contributed by atoms with van der Waals surface area (Å²) in [5, 5.41) is 9.09. The van der Waals surface area contributed by atoms with Gasteiger partial charge in [0.2, 0.25) is 0 Å². The van der Waals surface area contributed by atoms with Crippen LogP contribution in [0, 0.1) is 5.41 Å². The highest BCUT2D eigenvalue weighted by atomic mass is 16.4. The molecule has 0 saturated heterocycles. The molecule has 0 aliphatic rings. The van der Waals surface area contributed by atoms with Crippen LogP contribution in [-0.2, 0) is 4.79 Å². The molecule has 3 nitrogen and oxygen atoms in total. The van der Waals surface area contributed by atoms with Gasteiger partial charge < -0.3 is 5.11 Å². The molecule has 0 bridgehead atoms. The first-order chi connectivity index (χ1) is 6.90. The summed E-state index contributed by atoms with van der Waals surface area (Å²) in [4.78, 5) is 15.0. The fourth-order valence-corrected chi connectivity index (χ4v) is 1.22. The van der Waals surface area contributed by atoms with Gasteiger partial charge in [0, 0.05) is 18.0 Å². The molecule has 1 rings (SSSR count). The van der Waals surface area contributed by atoms with Crippen LogP contribution in [0.25, 0.3) is 5.57 Å². The van der Waals surface area contributed by atoms with Crippen molar-refractivity contribution in [1.82, 2.24) is 4.98 Å². The van der Waals surface area contributed by atoms with E-state index in [-0.39, 0.29) is 5.41 Å². The highest BCUT2D eigenvalue weighted by molar-refractivity contribution is 6.15. The number of aromatic nitrogens is 1. The normalized spacial score (nSPS) is 12.6. The molecule has 1 aromatic heterocycles. The van der Waals surface area contributed by atoms with Gasteiger partial charge in [-0.05, 0) is 11.5 Å². The monoisotopic (exact) mass is 205 g/mol. The lowest BCUT2D eigenvalue weighted by Gasteiger charge is -2.14. The maximum Gasteiger partial charge on any atom is 0.336 e. The van der Waals surface area contributed by atoms with Gasteiger partial charge in [0.05, 0.1) is 5.57 Å². The van der Waals surface area contributed by atoms with Crippen LogP contribution in [0.2, 0.25) is 0 Å². The molecule has 0 aromatic carbocycles. The minimum atomic E-state index is -0.919. The first-order valence-electron chi connectivity index (χ1n) is 4.77. The van der Waals surface area contributed by atoms with Crippen molar-refractivity contribution in [2.45, 2.75) is 20.8 Å². The minimum Gasteiger partial charge on any atom is -0.478 e. The summed E-state index contributed by atoms with van der Waals surface area (Å²) < 4.78 is 0. The Kier molecular flexibility index (Phi) is 3.24. The molecule has 0 atom stereocenters. The van der Waals surface area contributed by atoms with Crippen molar-refractivity contribution >= 4 is 11.5 Å². The lowest BCUT2D eigenvalue weighted by molar-refractivity contribution is -0.130. The molecule has 15 heavy (non-hydrogen) atoms. The van der Waals surface area contributed by atoms with E-state index in [1.165, 1.54) is 0 Å². The second kappa shape index (κ2) is 4.26. The average molecular weight is 205 g/mol. The smallest absolute Gasteiger partial charge is 0.336 e. The second-order valence-corrected chi connectivity index (χ2v) is 4.47. The van der Waals surface area contributed by atoms with Gasteiger partial charge in [-0.3, -0.25) is 4.98 Å². The van der Waals surface area contributed by atoms with Crippen molar-refractivity contribution in [2.75, 3.05) is 0 Å². The summed E-state index contributed by atoms with van der Waals surface area (Å²) >= 11 is 0. The zero-order chi connectivity index (χ0) is 11.5. The summed E-state index contributed by atoms with van der Waals surface area (Å²) in [6.07, 6.45) is 4.93. The number of pyridine rings is 1.